The molecule has 0 spiro atoms. The quantitative estimate of drug-likeness (QED) is 0.842. The molecule has 3 rings (SSSR count). The Bertz CT molecular complexity index is 550. The molecule has 1 unspecified atom stereocenters. The van der Waals surface area contributed by atoms with Gasteiger partial charge in [-0.3, -0.25) is 0 Å². The molecule has 4 heteroatoms. The van der Waals surface area contributed by atoms with Crippen LogP contribution in [0.4, 0.5) is 0 Å². The average molecular weight is 310 g/mol. The molecule has 2 aromatic heterocycles. The number of nitrogens with one attached hydrogen (secondary N) is 1. The first kappa shape index (κ1) is 13.7. The summed E-state index contributed by atoms with van der Waals surface area (Å²) in [7, 11) is 0. The number of fused-ring (bicyclic) bond motifs is 1. The fraction of sp³-hybridized carbons (Fsp3) is 0.467. The van der Waals surface area contributed by atoms with Crippen molar-refractivity contribution in [3.05, 3.63) is 38.4 Å². The molecule has 102 valence electrons. The largest absolute Gasteiger partial charge is 0.305 e. The molecular formula is C15H19NS3. The average Bonchev–Trinajstić information content (AvgIpc) is 2.94. The van der Waals surface area contributed by atoms with Crippen molar-refractivity contribution in [2.45, 2.75) is 49.2 Å². The highest BCUT2D eigenvalue weighted by Crippen LogP contribution is 2.43. The smallest absolute Gasteiger partial charge is 0.0649 e. The maximum atomic E-state index is 3.75. The van der Waals surface area contributed by atoms with Crippen LogP contribution in [0, 0.1) is 13.8 Å². The number of aryl methyl sites for hydroxylation is 2. The van der Waals surface area contributed by atoms with E-state index in [9.17, 15) is 0 Å². The summed E-state index contributed by atoms with van der Waals surface area (Å²) < 4.78 is 1.51. The van der Waals surface area contributed by atoms with Gasteiger partial charge in [-0.1, -0.05) is 6.92 Å². The second-order valence-electron chi connectivity index (χ2n) is 5.21. The molecule has 1 aliphatic heterocycles. The monoisotopic (exact) mass is 309 g/mol. The van der Waals surface area contributed by atoms with E-state index in [1.807, 2.05) is 34.4 Å². The molecule has 1 aliphatic rings. The lowest BCUT2D eigenvalue weighted by molar-refractivity contribution is 0.490. The zero-order chi connectivity index (χ0) is 13.4. The minimum Gasteiger partial charge on any atom is -0.305 e. The molecule has 2 aromatic rings. The van der Waals surface area contributed by atoms with Crippen LogP contribution in [0.15, 0.2) is 21.7 Å². The number of thiophene rings is 2. The Labute approximate surface area is 127 Å². The van der Waals surface area contributed by atoms with Crippen LogP contribution < -0.4 is 5.32 Å². The van der Waals surface area contributed by atoms with Gasteiger partial charge in [-0.15, -0.1) is 34.4 Å². The molecule has 2 atom stereocenters. The van der Waals surface area contributed by atoms with Gasteiger partial charge in [0.15, 0.2) is 0 Å². The van der Waals surface area contributed by atoms with E-state index in [0.29, 0.717) is 6.04 Å². The van der Waals surface area contributed by atoms with Crippen LogP contribution in [0.2, 0.25) is 0 Å². The molecular weight excluding hydrogens is 290 g/mol. The second-order valence-corrected chi connectivity index (χ2v) is 9.18. The topological polar surface area (TPSA) is 12.0 Å². The molecule has 0 amide bonds. The zero-order valence-electron chi connectivity index (χ0n) is 11.5. The summed E-state index contributed by atoms with van der Waals surface area (Å²) in [5, 5.41) is 6.70. The van der Waals surface area contributed by atoms with Crippen molar-refractivity contribution in [1.29, 1.82) is 0 Å². The van der Waals surface area contributed by atoms with Crippen molar-refractivity contribution >= 4 is 34.4 Å². The summed E-state index contributed by atoms with van der Waals surface area (Å²) in [6.45, 7) is 7.74. The molecule has 0 bridgehead atoms. The van der Waals surface area contributed by atoms with Crippen LogP contribution in [0.1, 0.15) is 40.3 Å². The third kappa shape index (κ3) is 2.92. The first-order chi connectivity index (χ1) is 9.13. The Morgan fingerprint density at radius 1 is 1.37 bits per heavy atom. The standard InChI is InChI=1S/C15H19NS3/c1-9-6-12(19-11(9)3)8-16-14-7-10(2)18-15-13(14)4-5-17-15/h4-6,10,14,16H,7-8H2,1-3H3/t10-,14?/m0/s1. The summed E-state index contributed by atoms with van der Waals surface area (Å²) in [6.07, 6.45) is 1.23. The van der Waals surface area contributed by atoms with Gasteiger partial charge < -0.3 is 5.32 Å². The Kier molecular flexibility index (Phi) is 4.03. The first-order valence-corrected chi connectivity index (χ1v) is 9.24. The molecule has 1 nitrogen and oxygen atoms in total. The van der Waals surface area contributed by atoms with Gasteiger partial charge in [0.1, 0.15) is 0 Å². The van der Waals surface area contributed by atoms with Crippen molar-refractivity contribution in [2.24, 2.45) is 0 Å². The van der Waals surface area contributed by atoms with E-state index >= 15 is 0 Å². The van der Waals surface area contributed by atoms with Crippen molar-refractivity contribution in [3.63, 3.8) is 0 Å². The van der Waals surface area contributed by atoms with Gasteiger partial charge in [-0.05, 0) is 48.9 Å². The highest BCUT2D eigenvalue weighted by atomic mass is 32.2. The molecule has 0 radical (unpaired) electrons. The maximum absolute atomic E-state index is 3.75. The Hall–Kier alpha value is -0.290. The minimum absolute atomic E-state index is 0.528. The molecule has 0 aliphatic carbocycles. The van der Waals surface area contributed by atoms with Gasteiger partial charge in [0.05, 0.1) is 4.21 Å². The van der Waals surface area contributed by atoms with Crippen molar-refractivity contribution in [3.8, 4) is 0 Å². The van der Waals surface area contributed by atoms with E-state index in [1.165, 1.54) is 31.5 Å². The van der Waals surface area contributed by atoms with E-state index in [4.69, 9.17) is 0 Å². The summed E-state index contributed by atoms with van der Waals surface area (Å²) >= 11 is 5.84. The predicted octanol–water partition coefficient (Wildman–Crippen LogP) is 5.14. The predicted molar refractivity (Wildman–Crippen MR) is 87.6 cm³/mol. The van der Waals surface area contributed by atoms with E-state index in [1.54, 1.807) is 0 Å². The first-order valence-electron chi connectivity index (χ1n) is 6.67. The highest BCUT2D eigenvalue weighted by Gasteiger charge is 2.25. The Morgan fingerprint density at radius 3 is 2.95 bits per heavy atom. The number of hydrogen-bond donors (Lipinski definition) is 1. The minimum atomic E-state index is 0.528. The number of hydrogen-bond acceptors (Lipinski definition) is 4. The second kappa shape index (κ2) is 5.60. The zero-order valence-corrected chi connectivity index (χ0v) is 14.0. The lowest BCUT2D eigenvalue weighted by atomic mass is 10.0. The third-order valence-corrected chi connectivity index (χ3v) is 7.15. The molecule has 0 saturated heterocycles. The molecule has 0 fully saturated rings. The highest BCUT2D eigenvalue weighted by molar-refractivity contribution is 8.01. The molecule has 3 heterocycles. The third-order valence-electron chi connectivity index (χ3n) is 3.65. The summed E-state index contributed by atoms with van der Waals surface area (Å²) in [5.41, 5.74) is 2.93. The lowest BCUT2D eigenvalue weighted by Gasteiger charge is -2.27. The van der Waals surface area contributed by atoms with E-state index in [-0.39, 0.29) is 0 Å². The van der Waals surface area contributed by atoms with Gasteiger partial charge in [0.25, 0.3) is 0 Å². The summed E-state index contributed by atoms with van der Waals surface area (Å²) in [6, 6.07) is 5.14. The van der Waals surface area contributed by atoms with Gasteiger partial charge in [0.2, 0.25) is 0 Å². The van der Waals surface area contributed by atoms with Crippen LogP contribution in [0.3, 0.4) is 0 Å². The van der Waals surface area contributed by atoms with Crippen LogP contribution in [-0.4, -0.2) is 5.25 Å². The Balaban J connectivity index is 1.71. The van der Waals surface area contributed by atoms with E-state index < -0.39 is 0 Å². The van der Waals surface area contributed by atoms with Crippen LogP contribution in [0.25, 0.3) is 0 Å². The maximum Gasteiger partial charge on any atom is 0.0649 e. The normalized spacial score (nSPS) is 22.5. The molecule has 0 aromatic carbocycles. The Morgan fingerprint density at radius 2 is 2.21 bits per heavy atom. The molecule has 19 heavy (non-hydrogen) atoms. The van der Waals surface area contributed by atoms with Crippen molar-refractivity contribution < 1.29 is 0 Å². The molecule has 0 saturated carbocycles. The van der Waals surface area contributed by atoms with Crippen molar-refractivity contribution in [1.82, 2.24) is 5.32 Å². The number of rotatable bonds is 3. The lowest BCUT2D eigenvalue weighted by Crippen LogP contribution is -2.25. The SMILES string of the molecule is Cc1cc(CNC2C[C@H](C)Sc3sccc32)sc1C. The fourth-order valence-electron chi connectivity index (χ4n) is 2.50. The van der Waals surface area contributed by atoms with Gasteiger partial charge in [-0.25, -0.2) is 0 Å². The van der Waals surface area contributed by atoms with Crippen LogP contribution in [-0.2, 0) is 6.54 Å². The number of thioether (sulfide) groups is 1. The van der Waals surface area contributed by atoms with Gasteiger partial charge in [0, 0.05) is 27.6 Å². The van der Waals surface area contributed by atoms with Crippen LogP contribution >= 0.6 is 34.4 Å². The fourth-order valence-corrected chi connectivity index (χ4v) is 6.07. The van der Waals surface area contributed by atoms with E-state index in [0.717, 1.165) is 11.8 Å². The van der Waals surface area contributed by atoms with Crippen LogP contribution in [0.5, 0.6) is 0 Å². The van der Waals surface area contributed by atoms with Gasteiger partial charge >= 0.3 is 0 Å². The van der Waals surface area contributed by atoms with Crippen molar-refractivity contribution in [2.75, 3.05) is 0 Å². The molecule has 1 N–H and O–H groups in total. The summed E-state index contributed by atoms with van der Waals surface area (Å²) in [4.78, 5) is 2.90. The summed E-state index contributed by atoms with van der Waals surface area (Å²) in [5.74, 6) is 0. The van der Waals surface area contributed by atoms with Gasteiger partial charge in [-0.2, -0.15) is 0 Å². The van der Waals surface area contributed by atoms with E-state index in [2.05, 4.69) is 43.6 Å².